The third kappa shape index (κ3) is 5.14. The van der Waals surface area contributed by atoms with Crippen molar-refractivity contribution in [2.24, 2.45) is 0 Å². The van der Waals surface area contributed by atoms with Gasteiger partial charge in [0.15, 0.2) is 0 Å². The lowest BCUT2D eigenvalue weighted by Crippen LogP contribution is -2.14. The maximum Gasteiger partial charge on any atom is 0.225 e. The van der Waals surface area contributed by atoms with Crippen molar-refractivity contribution < 1.29 is 4.79 Å². The highest BCUT2D eigenvalue weighted by Crippen LogP contribution is 2.24. The van der Waals surface area contributed by atoms with Crippen LogP contribution >= 0.6 is 23.1 Å². The number of hydrogen-bond acceptors (Lipinski definition) is 4. The number of benzene rings is 1. The fraction of sp³-hybridized carbons (Fsp3) is 0.412. The van der Waals surface area contributed by atoms with E-state index < -0.39 is 0 Å². The van der Waals surface area contributed by atoms with E-state index in [9.17, 15) is 4.79 Å². The van der Waals surface area contributed by atoms with E-state index in [1.807, 2.05) is 25.1 Å². The number of rotatable bonds is 7. The van der Waals surface area contributed by atoms with E-state index in [4.69, 9.17) is 0 Å². The molecule has 0 atom stereocenters. The molecule has 118 valence electrons. The Balaban J connectivity index is 1.76. The van der Waals surface area contributed by atoms with E-state index in [1.54, 1.807) is 23.1 Å². The van der Waals surface area contributed by atoms with Gasteiger partial charge in [-0.05, 0) is 24.5 Å². The Morgan fingerprint density at radius 3 is 2.82 bits per heavy atom. The zero-order chi connectivity index (χ0) is 15.9. The Morgan fingerprint density at radius 2 is 2.14 bits per heavy atom. The average molecular weight is 335 g/mol. The van der Waals surface area contributed by atoms with Gasteiger partial charge in [-0.25, -0.2) is 4.98 Å². The molecule has 1 amide bonds. The molecule has 1 N–H and O–H groups in total. The van der Waals surface area contributed by atoms with Crippen molar-refractivity contribution in [1.82, 2.24) is 4.98 Å². The number of carbonyl (C=O) groups is 1. The lowest BCUT2D eigenvalue weighted by molar-refractivity contribution is -0.115. The molecule has 0 fully saturated rings. The van der Waals surface area contributed by atoms with Crippen molar-refractivity contribution in [2.45, 2.75) is 38.9 Å². The topological polar surface area (TPSA) is 42.0 Å². The van der Waals surface area contributed by atoms with Crippen LogP contribution in [0.4, 0.5) is 5.69 Å². The highest BCUT2D eigenvalue weighted by molar-refractivity contribution is 7.98. The summed E-state index contributed by atoms with van der Waals surface area (Å²) in [6.07, 6.45) is 0.528. The van der Waals surface area contributed by atoms with Gasteiger partial charge in [0, 0.05) is 29.0 Å². The summed E-state index contributed by atoms with van der Waals surface area (Å²) in [4.78, 5) is 16.5. The van der Waals surface area contributed by atoms with Crippen LogP contribution in [-0.2, 0) is 10.5 Å². The molecule has 0 spiro atoms. The average Bonchev–Trinajstić information content (AvgIpc) is 2.89. The van der Waals surface area contributed by atoms with Gasteiger partial charge in [-0.2, -0.15) is 11.8 Å². The predicted molar refractivity (Wildman–Crippen MR) is 96.8 cm³/mol. The number of thiazole rings is 1. The molecule has 5 heteroatoms. The third-order valence-corrected chi connectivity index (χ3v) is 5.06. The van der Waals surface area contributed by atoms with Gasteiger partial charge in [0.2, 0.25) is 5.91 Å². The highest BCUT2D eigenvalue weighted by atomic mass is 32.2. The minimum absolute atomic E-state index is 0.0788. The maximum absolute atomic E-state index is 12.1. The van der Waals surface area contributed by atoms with Crippen LogP contribution in [0.3, 0.4) is 0 Å². The third-order valence-electron chi connectivity index (χ3n) is 3.25. The van der Waals surface area contributed by atoms with E-state index in [0.29, 0.717) is 12.3 Å². The van der Waals surface area contributed by atoms with Crippen LogP contribution in [0.2, 0.25) is 0 Å². The SMILES string of the molecule is Cc1nc(CSCCC(=O)Nc2ccccc2C(C)C)cs1. The van der Waals surface area contributed by atoms with Gasteiger partial charge in [-0.1, -0.05) is 32.0 Å². The second-order valence-corrected chi connectivity index (χ2v) is 7.62. The predicted octanol–water partition coefficient (Wildman–Crippen LogP) is 4.84. The lowest BCUT2D eigenvalue weighted by Gasteiger charge is -2.13. The number of para-hydroxylation sites is 1. The molecule has 0 aliphatic rings. The van der Waals surface area contributed by atoms with Crippen LogP contribution in [0, 0.1) is 6.92 Å². The van der Waals surface area contributed by atoms with Crippen molar-refractivity contribution in [3.63, 3.8) is 0 Å². The first-order valence-electron chi connectivity index (χ1n) is 7.44. The number of carbonyl (C=O) groups excluding carboxylic acids is 1. The summed E-state index contributed by atoms with van der Waals surface area (Å²) in [7, 11) is 0. The molecule has 0 aliphatic carbocycles. The molecule has 2 rings (SSSR count). The smallest absolute Gasteiger partial charge is 0.225 e. The lowest BCUT2D eigenvalue weighted by atomic mass is 10.0. The van der Waals surface area contributed by atoms with Gasteiger partial charge in [0.25, 0.3) is 0 Å². The molecular formula is C17H22N2OS2. The zero-order valence-electron chi connectivity index (χ0n) is 13.3. The van der Waals surface area contributed by atoms with Crippen molar-refractivity contribution in [3.05, 3.63) is 45.9 Å². The fourth-order valence-corrected chi connectivity index (χ4v) is 3.69. The normalized spacial score (nSPS) is 10.9. The molecular weight excluding hydrogens is 312 g/mol. The first-order valence-corrected chi connectivity index (χ1v) is 9.47. The molecule has 1 aromatic heterocycles. The molecule has 2 aromatic rings. The number of nitrogens with one attached hydrogen (secondary N) is 1. The number of hydrogen-bond donors (Lipinski definition) is 1. The first-order chi connectivity index (χ1) is 10.6. The van der Waals surface area contributed by atoms with Gasteiger partial charge in [0.05, 0.1) is 10.7 Å². The molecule has 0 radical (unpaired) electrons. The quantitative estimate of drug-likeness (QED) is 0.737. The summed E-state index contributed by atoms with van der Waals surface area (Å²) < 4.78 is 0. The summed E-state index contributed by atoms with van der Waals surface area (Å²) in [6, 6.07) is 8.01. The van der Waals surface area contributed by atoms with Crippen LogP contribution in [0.1, 0.15) is 42.5 Å². The summed E-state index contributed by atoms with van der Waals surface area (Å²) >= 11 is 3.42. The largest absolute Gasteiger partial charge is 0.326 e. The number of anilines is 1. The standard InChI is InChI=1S/C17H22N2OS2/c1-12(2)15-6-4-5-7-16(15)19-17(20)8-9-21-10-14-11-22-13(3)18-14/h4-7,11-12H,8-10H2,1-3H3,(H,19,20). The Morgan fingerprint density at radius 1 is 1.36 bits per heavy atom. The van der Waals surface area contributed by atoms with Crippen LogP contribution < -0.4 is 5.32 Å². The minimum Gasteiger partial charge on any atom is -0.326 e. The second-order valence-electron chi connectivity index (χ2n) is 5.45. The van der Waals surface area contributed by atoms with Gasteiger partial charge >= 0.3 is 0 Å². The number of aryl methyl sites for hydroxylation is 1. The fourth-order valence-electron chi connectivity index (χ4n) is 2.14. The number of thioether (sulfide) groups is 1. The second kappa shape index (κ2) is 8.34. The van der Waals surface area contributed by atoms with E-state index >= 15 is 0 Å². The Kier molecular flexibility index (Phi) is 6.46. The van der Waals surface area contributed by atoms with Crippen molar-refractivity contribution >= 4 is 34.7 Å². The Hall–Kier alpha value is -1.33. The summed E-state index contributed by atoms with van der Waals surface area (Å²) in [6.45, 7) is 6.28. The van der Waals surface area contributed by atoms with Crippen LogP contribution in [0.15, 0.2) is 29.6 Å². The summed E-state index contributed by atoms with van der Waals surface area (Å²) in [5, 5.41) is 6.21. The molecule has 3 nitrogen and oxygen atoms in total. The monoisotopic (exact) mass is 334 g/mol. The van der Waals surface area contributed by atoms with Gasteiger partial charge in [0.1, 0.15) is 0 Å². The summed E-state index contributed by atoms with van der Waals surface area (Å²) in [5.41, 5.74) is 3.22. The molecule has 0 saturated carbocycles. The molecule has 0 saturated heterocycles. The zero-order valence-corrected chi connectivity index (χ0v) is 14.9. The number of aromatic nitrogens is 1. The molecule has 1 aromatic carbocycles. The minimum atomic E-state index is 0.0788. The van der Waals surface area contributed by atoms with E-state index in [1.165, 1.54) is 5.56 Å². The summed E-state index contributed by atoms with van der Waals surface area (Å²) in [5.74, 6) is 2.17. The number of nitrogens with zero attached hydrogens (tertiary/aromatic N) is 1. The van der Waals surface area contributed by atoms with E-state index in [2.05, 4.69) is 35.6 Å². The molecule has 0 bridgehead atoms. The Labute approximate surface area is 140 Å². The Bertz CT molecular complexity index is 623. The van der Waals surface area contributed by atoms with Crippen molar-refractivity contribution in [3.8, 4) is 0 Å². The maximum atomic E-state index is 12.1. The van der Waals surface area contributed by atoms with E-state index in [0.717, 1.165) is 27.9 Å². The molecule has 0 unspecified atom stereocenters. The van der Waals surface area contributed by atoms with Crippen molar-refractivity contribution in [2.75, 3.05) is 11.1 Å². The van der Waals surface area contributed by atoms with Crippen LogP contribution in [0.25, 0.3) is 0 Å². The molecule has 22 heavy (non-hydrogen) atoms. The van der Waals surface area contributed by atoms with E-state index in [-0.39, 0.29) is 5.91 Å². The highest BCUT2D eigenvalue weighted by Gasteiger charge is 2.09. The molecule has 0 aliphatic heterocycles. The molecule has 1 heterocycles. The number of amides is 1. The van der Waals surface area contributed by atoms with Crippen LogP contribution in [-0.4, -0.2) is 16.6 Å². The van der Waals surface area contributed by atoms with Gasteiger partial charge in [-0.3, -0.25) is 4.79 Å². The van der Waals surface area contributed by atoms with Crippen LogP contribution in [0.5, 0.6) is 0 Å². The first kappa shape index (κ1) is 17.0. The van der Waals surface area contributed by atoms with Crippen molar-refractivity contribution in [1.29, 1.82) is 0 Å². The van der Waals surface area contributed by atoms with Gasteiger partial charge < -0.3 is 5.32 Å². The van der Waals surface area contributed by atoms with Gasteiger partial charge in [-0.15, -0.1) is 11.3 Å².